The standard InChI is InChI=1S/C12H25NO/c1-3-12(9-14)13-8-11-6-4-10(2)5-7-11/h10-14H,3-9H2,1-2H3/t10?,11?,12-/m0/s1. The lowest BCUT2D eigenvalue weighted by Crippen LogP contribution is -2.36. The second-order valence-electron chi connectivity index (χ2n) is 4.82. The molecule has 0 bridgehead atoms. The molecule has 0 aromatic rings. The van der Waals surface area contributed by atoms with Gasteiger partial charge in [-0.15, -0.1) is 0 Å². The molecule has 0 amide bonds. The molecule has 14 heavy (non-hydrogen) atoms. The van der Waals surface area contributed by atoms with Crippen LogP contribution in [0.3, 0.4) is 0 Å². The van der Waals surface area contributed by atoms with Gasteiger partial charge in [0, 0.05) is 6.04 Å². The van der Waals surface area contributed by atoms with Crippen molar-refractivity contribution in [3.05, 3.63) is 0 Å². The van der Waals surface area contributed by atoms with E-state index in [0.717, 1.165) is 24.8 Å². The summed E-state index contributed by atoms with van der Waals surface area (Å²) < 4.78 is 0. The maximum absolute atomic E-state index is 9.04. The van der Waals surface area contributed by atoms with Crippen LogP contribution >= 0.6 is 0 Å². The maximum Gasteiger partial charge on any atom is 0.0584 e. The number of aliphatic hydroxyl groups excluding tert-OH is 1. The predicted octanol–water partition coefficient (Wildman–Crippen LogP) is 2.17. The third kappa shape index (κ3) is 3.97. The molecule has 0 aromatic heterocycles. The lowest BCUT2D eigenvalue weighted by molar-refractivity contribution is 0.218. The first kappa shape index (κ1) is 12.0. The number of rotatable bonds is 5. The third-order valence-electron chi connectivity index (χ3n) is 3.54. The van der Waals surface area contributed by atoms with Crippen molar-refractivity contribution < 1.29 is 5.11 Å². The van der Waals surface area contributed by atoms with Gasteiger partial charge >= 0.3 is 0 Å². The molecule has 1 atom stereocenters. The van der Waals surface area contributed by atoms with Gasteiger partial charge in [0.2, 0.25) is 0 Å². The SMILES string of the molecule is CC[C@@H](CO)NCC1CCC(C)CC1. The minimum Gasteiger partial charge on any atom is -0.395 e. The van der Waals surface area contributed by atoms with Crippen molar-refractivity contribution in [1.29, 1.82) is 0 Å². The van der Waals surface area contributed by atoms with E-state index in [0.29, 0.717) is 6.04 Å². The van der Waals surface area contributed by atoms with E-state index in [1.54, 1.807) is 0 Å². The topological polar surface area (TPSA) is 32.3 Å². The molecule has 0 radical (unpaired) electrons. The number of hydrogen-bond donors (Lipinski definition) is 2. The molecule has 2 nitrogen and oxygen atoms in total. The quantitative estimate of drug-likeness (QED) is 0.711. The zero-order valence-electron chi connectivity index (χ0n) is 9.63. The maximum atomic E-state index is 9.04. The Kier molecular flexibility index (Phi) is 5.49. The molecule has 0 spiro atoms. The van der Waals surface area contributed by atoms with E-state index >= 15 is 0 Å². The van der Waals surface area contributed by atoms with E-state index in [-0.39, 0.29) is 6.61 Å². The average molecular weight is 199 g/mol. The number of aliphatic hydroxyl groups is 1. The lowest BCUT2D eigenvalue weighted by Gasteiger charge is -2.27. The summed E-state index contributed by atoms with van der Waals surface area (Å²) in [6.07, 6.45) is 6.55. The Morgan fingerprint density at radius 2 is 1.93 bits per heavy atom. The van der Waals surface area contributed by atoms with Crippen LogP contribution in [0.4, 0.5) is 0 Å². The van der Waals surface area contributed by atoms with Gasteiger partial charge in [-0.05, 0) is 37.6 Å². The molecule has 0 saturated heterocycles. The van der Waals surface area contributed by atoms with Crippen molar-refractivity contribution in [3.63, 3.8) is 0 Å². The predicted molar refractivity (Wildman–Crippen MR) is 60.3 cm³/mol. The summed E-state index contributed by atoms with van der Waals surface area (Å²) in [5.74, 6) is 1.79. The van der Waals surface area contributed by atoms with Gasteiger partial charge in [0.1, 0.15) is 0 Å². The van der Waals surface area contributed by atoms with Crippen LogP contribution in [0, 0.1) is 11.8 Å². The van der Waals surface area contributed by atoms with Gasteiger partial charge < -0.3 is 10.4 Å². The van der Waals surface area contributed by atoms with Gasteiger partial charge in [-0.25, -0.2) is 0 Å². The smallest absolute Gasteiger partial charge is 0.0584 e. The first-order valence-electron chi connectivity index (χ1n) is 6.10. The highest BCUT2D eigenvalue weighted by Gasteiger charge is 2.18. The molecular weight excluding hydrogens is 174 g/mol. The van der Waals surface area contributed by atoms with Crippen molar-refractivity contribution >= 4 is 0 Å². The van der Waals surface area contributed by atoms with Crippen LogP contribution in [0.15, 0.2) is 0 Å². The number of hydrogen-bond acceptors (Lipinski definition) is 2. The van der Waals surface area contributed by atoms with Crippen LogP contribution in [-0.2, 0) is 0 Å². The summed E-state index contributed by atoms with van der Waals surface area (Å²) in [7, 11) is 0. The van der Waals surface area contributed by atoms with E-state index in [9.17, 15) is 0 Å². The van der Waals surface area contributed by atoms with Crippen molar-refractivity contribution in [1.82, 2.24) is 5.32 Å². The highest BCUT2D eigenvalue weighted by Crippen LogP contribution is 2.27. The zero-order chi connectivity index (χ0) is 10.4. The van der Waals surface area contributed by atoms with Gasteiger partial charge in [-0.1, -0.05) is 26.7 Å². The molecule has 0 aromatic carbocycles. The molecule has 0 heterocycles. The molecule has 1 aliphatic rings. The molecule has 1 fully saturated rings. The Morgan fingerprint density at radius 3 is 2.43 bits per heavy atom. The van der Waals surface area contributed by atoms with Crippen molar-refractivity contribution in [2.75, 3.05) is 13.2 Å². The normalized spacial score (nSPS) is 30.2. The lowest BCUT2D eigenvalue weighted by atomic mass is 9.83. The van der Waals surface area contributed by atoms with Crippen LogP contribution in [0.5, 0.6) is 0 Å². The van der Waals surface area contributed by atoms with Crippen molar-refractivity contribution in [3.8, 4) is 0 Å². The summed E-state index contributed by atoms with van der Waals surface area (Å²) in [6.45, 7) is 5.86. The molecule has 1 aliphatic carbocycles. The van der Waals surface area contributed by atoms with Crippen LogP contribution in [0.1, 0.15) is 46.0 Å². The molecular formula is C12H25NO. The monoisotopic (exact) mass is 199 g/mol. The first-order valence-corrected chi connectivity index (χ1v) is 6.10. The second-order valence-corrected chi connectivity index (χ2v) is 4.82. The van der Waals surface area contributed by atoms with E-state index in [1.165, 1.54) is 25.7 Å². The summed E-state index contributed by atoms with van der Waals surface area (Å²) in [4.78, 5) is 0. The Morgan fingerprint density at radius 1 is 1.29 bits per heavy atom. The minimum absolute atomic E-state index is 0.277. The van der Waals surface area contributed by atoms with Crippen LogP contribution in [0.25, 0.3) is 0 Å². The molecule has 1 rings (SSSR count). The summed E-state index contributed by atoms with van der Waals surface area (Å²) >= 11 is 0. The summed E-state index contributed by atoms with van der Waals surface area (Å²) in [5.41, 5.74) is 0. The Hall–Kier alpha value is -0.0800. The largest absolute Gasteiger partial charge is 0.395 e. The Balaban J connectivity index is 2.12. The molecule has 0 aliphatic heterocycles. The fourth-order valence-electron chi connectivity index (χ4n) is 2.20. The zero-order valence-corrected chi connectivity index (χ0v) is 9.63. The van der Waals surface area contributed by atoms with Crippen LogP contribution < -0.4 is 5.32 Å². The minimum atomic E-state index is 0.277. The first-order chi connectivity index (χ1) is 6.76. The van der Waals surface area contributed by atoms with Gasteiger partial charge in [-0.3, -0.25) is 0 Å². The van der Waals surface area contributed by atoms with Crippen LogP contribution in [0.2, 0.25) is 0 Å². The number of nitrogens with one attached hydrogen (secondary N) is 1. The van der Waals surface area contributed by atoms with Crippen molar-refractivity contribution in [2.24, 2.45) is 11.8 Å². The van der Waals surface area contributed by atoms with Gasteiger partial charge in [0.05, 0.1) is 6.61 Å². The van der Waals surface area contributed by atoms with Crippen molar-refractivity contribution in [2.45, 2.75) is 52.0 Å². The summed E-state index contributed by atoms with van der Waals surface area (Å²) in [5, 5.41) is 12.5. The Labute approximate surface area is 88.1 Å². The molecule has 0 unspecified atom stereocenters. The van der Waals surface area contributed by atoms with E-state index in [2.05, 4.69) is 19.2 Å². The highest BCUT2D eigenvalue weighted by atomic mass is 16.3. The molecule has 84 valence electrons. The summed E-state index contributed by atoms with van der Waals surface area (Å²) in [6, 6.07) is 0.314. The van der Waals surface area contributed by atoms with E-state index < -0.39 is 0 Å². The van der Waals surface area contributed by atoms with Crippen LogP contribution in [-0.4, -0.2) is 24.3 Å². The second kappa shape index (κ2) is 6.41. The fraction of sp³-hybridized carbons (Fsp3) is 1.00. The fourth-order valence-corrected chi connectivity index (χ4v) is 2.20. The van der Waals surface area contributed by atoms with Gasteiger partial charge in [0.15, 0.2) is 0 Å². The molecule has 2 heteroatoms. The third-order valence-corrected chi connectivity index (χ3v) is 3.54. The highest BCUT2D eigenvalue weighted by molar-refractivity contribution is 4.73. The Bertz CT molecular complexity index is 137. The van der Waals surface area contributed by atoms with Gasteiger partial charge in [-0.2, -0.15) is 0 Å². The van der Waals surface area contributed by atoms with E-state index in [1.807, 2.05) is 0 Å². The molecule has 2 N–H and O–H groups in total. The van der Waals surface area contributed by atoms with Gasteiger partial charge in [0.25, 0.3) is 0 Å². The average Bonchev–Trinajstić information content (AvgIpc) is 2.22. The van der Waals surface area contributed by atoms with E-state index in [4.69, 9.17) is 5.11 Å². The molecule has 1 saturated carbocycles.